The lowest BCUT2D eigenvalue weighted by Gasteiger charge is -2.17. The largest absolute Gasteiger partial charge is 0.398 e. The summed E-state index contributed by atoms with van der Waals surface area (Å²) in [4.78, 5) is 2.45. The highest BCUT2D eigenvalue weighted by molar-refractivity contribution is 5.48. The first kappa shape index (κ1) is 12.3. The molecule has 7 heteroatoms. The molecule has 2 atom stereocenters. The van der Waals surface area contributed by atoms with Crippen LogP contribution in [-0.2, 0) is 0 Å². The van der Waals surface area contributed by atoms with Gasteiger partial charge in [-0.1, -0.05) is 11.2 Å². The summed E-state index contributed by atoms with van der Waals surface area (Å²) < 4.78 is 12.7. The van der Waals surface area contributed by atoms with E-state index in [2.05, 4.69) is 10.0 Å². The van der Waals surface area contributed by atoms with Crippen LogP contribution in [0.15, 0.2) is 23.3 Å². The Morgan fingerprint density at radius 1 is 1.50 bits per heavy atom. The first-order valence-electron chi connectivity index (χ1n) is 4.48. The highest BCUT2D eigenvalue weighted by Crippen LogP contribution is 2.24. The van der Waals surface area contributed by atoms with E-state index < -0.39 is 18.0 Å². The number of azide groups is 1. The zero-order valence-electron chi connectivity index (χ0n) is 8.29. The van der Waals surface area contributed by atoms with Crippen molar-refractivity contribution in [3.8, 4) is 0 Å². The number of halogens is 1. The molecule has 0 radical (unpaired) electrons. The van der Waals surface area contributed by atoms with E-state index in [1.54, 1.807) is 0 Å². The molecule has 2 unspecified atom stereocenters. The minimum atomic E-state index is -1.31. The van der Waals surface area contributed by atoms with E-state index >= 15 is 0 Å². The molecule has 0 saturated carbocycles. The maximum absolute atomic E-state index is 12.7. The number of rotatable bonds is 4. The van der Waals surface area contributed by atoms with Crippen LogP contribution in [-0.4, -0.2) is 22.9 Å². The lowest BCUT2D eigenvalue weighted by atomic mass is 10.0. The van der Waals surface area contributed by atoms with E-state index in [1.807, 2.05) is 0 Å². The predicted molar refractivity (Wildman–Crippen MR) is 55.8 cm³/mol. The normalized spacial score (nSPS) is 13.9. The molecule has 0 spiro atoms. The molecular formula is C9H11FN4O2. The van der Waals surface area contributed by atoms with Gasteiger partial charge < -0.3 is 15.9 Å². The Morgan fingerprint density at radius 3 is 2.75 bits per heavy atom. The Hall–Kier alpha value is -1.82. The fourth-order valence-electron chi connectivity index (χ4n) is 1.24. The molecule has 16 heavy (non-hydrogen) atoms. The highest BCUT2D eigenvalue weighted by Gasteiger charge is 2.19. The smallest absolute Gasteiger partial charge is 0.125 e. The second kappa shape index (κ2) is 5.32. The fraction of sp³-hybridized carbons (Fsp3) is 0.333. The summed E-state index contributed by atoms with van der Waals surface area (Å²) in [5.74, 6) is -0.530. The van der Waals surface area contributed by atoms with E-state index in [4.69, 9.17) is 11.3 Å². The van der Waals surface area contributed by atoms with Crippen LogP contribution in [0, 0.1) is 5.82 Å². The Morgan fingerprint density at radius 2 is 2.19 bits per heavy atom. The third kappa shape index (κ3) is 2.83. The molecule has 0 heterocycles. The van der Waals surface area contributed by atoms with Crippen LogP contribution < -0.4 is 5.73 Å². The molecule has 1 aromatic carbocycles. The van der Waals surface area contributed by atoms with Gasteiger partial charge >= 0.3 is 0 Å². The Balaban J connectivity index is 2.86. The maximum Gasteiger partial charge on any atom is 0.125 e. The summed E-state index contributed by atoms with van der Waals surface area (Å²) in [5, 5.41) is 22.2. The molecule has 0 saturated heterocycles. The number of hydrogen-bond donors (Lipinski definition) is 3. The van der Waals surface area contributed by atoms with E-state index in [1.165, 1.54) is 6.07 Å². The minimum absolute atomic E-state index is 0.0347. The first-order valence-corrected chi connectivity index (χ1v) is 4.48. The third-order valence-electron chi connectivity index (χ3n) is 2.06. The van der Waals surface area contributed by atoms with E-state index in [9.17, 15) is 14.6 Å². The number of hydrogen-bond acceptors (Lipinski definition) is 4. The van der Waals surface area contributed by atoms with Gasteiger partial charge in [-0.15, -0.1) is 0 Å². The van der Waals surface area contributed by atoms with Crippen molar-refractivity contribution >= 4 is 5.69 Å². The summed E-state index contributed by atoms with van der Waals surface area (Å²) in [6.07, 6.45) is -2.59. The maximum atomic E-state index is 12.7. The van der Waals surface area contributed by atoms with E-state index in [-0.39, 0.29) is 17.8 Å². The van der Waals surface area contributed by atoms with Crippen LogP contribution in [0.2, 0.25) is 0 Å². The molecule has 1 rings (SSSR count). The zero-order valence-corrected chi connectivity index (χ0v) is 8.29. The fourth-order valence-corrected chi connectivity index (χ4v) is 1.24. The van der Waals surface area contributed by atoms with Crippen LogP contribution in [0.25, 0.3) is 10.4 Å². The molecule has 0 amide bonds. The number of nitrogen functional groups attached to an aromatic ring is 1. The van der Waals surface area contributed by atoms with Crippen molar-refractivity contribution in [2.45, 2.75) is 12.2 Å². The van der Waals surface area contributed by atoms with Crippen LogP contribution in [0.1, 0.15) is 11.7 Å². The van der Waals surface area contributed by atoms with Gasteiger partial charge in [-0.05, 0) is 17.7 Å². The van der Waals surface area contributed by atoms with Gasteiger partial charge in [-0.25, -0.2) is 4.39 Å². The Labute approximate surface area is 90.8 Å². The van der Waals surface area contributed by atoms with Crippen molar-refractivity contribution < 1.29 is 14.6 Å². The Bertz CT molecular complexity index is 420. The summed E-state index contributed by atoms with van der Waals surface area (Å²) in [6.45, 7) is -0.283. The van der Waals surface area contributed by atoms with Crippen LogP contribution in [0.3, 0.4) is 0 Å². The summed E-state index contributed by atoms with van der Waals surface area (Å²) in [7, 11) is 0. The van der Waals surface area contributed by atoms with Gasteiger partial charge in [0.2, 0.25) is 0 Å². The average molecular weight is 226 g/mol. The molecule has 0 bridgehead atoms. The lowest BCUT2D eigenvalue weighted by Crippen LogP contribution is -2.22. The van der Waals surface area contributed by atoms with Gasteiger partial charge in [0.15, 0.2) is 0 Å². The van der Waals surface area contributed by atoms with Crippen molar-refractivity contribution in [2.24, 2.45) is 5.11 Å². The zero-order chi connectivity index (χ0) is 12.1. The van der Waals surface area contributed by atoms with E-state index in [0.29, 0.717) is 0 Å². The van der Waals surface area contributed by atoms with Crippen LogP contribution in [0.4, 0.5) is 10.1 Å². The summed E-state index contributed by atoms with van der Waals surface area (Å²) >= 11 is 0. The molecular weight excluding hydrogens is 215 g/mol. The second-order valence-corrected chi connectivity index (χ2v) is 3.20. The molecule has 0 aliphatic rings. The first-order chi connectivity index (χ1) is 7.56. The Kier molecular flexibility index (Phi) is 4.07. The van der Waals surface area contributed by atoms with Crippen LogP contribution >= 0.6 is 0 Å². The van der Waals surface area contributed by atoms with Gasteiger partial charge in [0.25, 0.3) is 0 Å². The molecule has 4 N–H and O–H groups in total. The van der Waals surface area contributed by atoms with E-state index in [0.717, 1.165) is 12.1 Å². The third-order valence-corrected chi connectivity index (χ3v) is 2.06. The van der Waals surface area contributed by atoms with Crippen molar-refractivity contribution in [3.05, 3.63) is 40.0 Å². The quantitative estimate of drug-likeness (QED) is 0.309. The standard InChI is InChI=1S/C9H11FN4O2/c10-5-1-2-6(7(11)3-5)9(16)8(15)4-13-14-12/h1-3,8-9,15-16H,4,11H2. The molecule has 1 aromatic rings. The van der Waals surface area contributed by atoms with Crippen LogP contribution in [0.5, 0.6) is 0 Å². The summed E-state index contributed by atoms with van der Waals surface area (Å²) in [6, 6.07) is 3.43. The van der Waals surface area contributed by atoms with Crippen molar-refractivity contribution in [2.75, 3.05) is 12.3 Å². The summed E-state index contributed by atoms with van der Waals surface area (Å²) in [5.41, 5.74) is 13.8. The molecule has 0 aliphatic heterocycles. The van der Waals surface area contributed by atoms with Gasteiger partial charge in [0.05, 0.1) is 12.6 Å². The SMILES string of the molecule is [N-]=[N+]=NCC(O)C(O)c1ccc(F)cc1N. The lowest BCUT2D eigenvalue weighted by molar-refractivity contribution is 0.0248. The predicted octanol–water partition coefficient (Wildman–Crippen LogP) is 1.11. The highest BCUT2D eigenvalue weighted by atomic mass is 19.1. The number of benzene rings is 1. The number of aliphatic hydroxyl groups excluding tert-OH is 2. The number of nitrogens with two attached hydrogens (primary N) is 1. The molecule has 6 nitrogen and oxygen atoms in total. The van der Waals surface area contributed by atoms with Crippen molar-refractivity contribution in [1.29, 1.82) is 0 Å². The molecule has 0 aliphatic carbocycles. The molecule has 0 fully saturated rings. The van der Waals surface area contributed by atoms with Gasteiger partial charge in [-0.2, -0.15) is 0 Å². The van der Waals surface area contributed by atoms with Crippen molar-refractivity contribution in [3.63, 3.8) is 0 Å². The second-order valence-electron chi connectivity index (χ2n) is 3.20. The minimum Gasteiger partial charge on any atom is -0.398 e. The van der Waals surface area contributed by atoms with Gasteiger partial charge in [-0.3, -0.25) is 0 Å². The van der Waals surface area contributed by atoms with Gasteiger partial charge in [0, 0.05) is 16.2 Å². The number of aliphatic hydroxyl groups is 2. The topological polar surface area (TPSA) is 115 Å². The number of anilines is 1. The average Bonchev–Trinajstić information content (AvgIpc) is 2.25. The number of nitrogens with zero attached hydrogens (tertiary/aromatic N) is 3. The van der Waals surface area contributed by atoms with Gasteiger partial charge in [0.1, 0.15) is 11.9 Å². The molecule has 86 valence electrons. The monoisotopic (exact) mass is 226 g/mol. The van der Waals surface area contributed by atoms with Crippen molar-refractivity contribution in [1.82, 2.24) is 0 Å². The molecule has 0 aromatic heterocycles.